The van der Waals surface area contributed by atoms with Crippen molar-refractivity contribution in [2.24, 2.45) is 10.7 Å². The molecule has 0 atom stereocenters. The number of para-hydroxylation sites is 1. The lowest BCUT2D eigenvalue weighted by atomic mass is 10.0. The first-order valence-electron chi connectivity index (χ1n) is 7.85. The Kier molecular flexibility index (Phi) is 5.97. The third-order valence-electron chi connectivity index (χ3n) is 3.71. The molecule has 3 N–H and O–H groups in total. The van der Waals surface area contributed by atoms with Crippen LogP contribution in [0.2, 0.25) is 0 Å². The van der Waals surface area contributed by atoms with Gasteiger partial charge in [0.25, 0.3) is 0 Å². The summed E-state index contributed by atoms with van der Waals surface area (Å²) in [4.78, 5) is 8.57. The molecule has 1 heterocycles. The van der Waals surface area contributed by atoms with Gasteiger partial charge in [-0.3, -0.25) is 0 Å². The van der Waals surface area contributed by atoms with Crippen molar-refractivity contribution in [3.05, 3.63) is 53.2 Å². The predicted octanol–water partition coefficient (Wildman–Crippen LogP) is 3.14. The number of aromatic nitrogens is 1. The van der Waals surface area contributed by atoms with E-state index in [-0.39, 0.29) is 0 Å². The van der Waals surface area contributed by atoms with Crippen molar-refractivity contribution in [3.8, 4) is 5.88 Å². The molecule has 0 saturated heterocycles. The number of ether oxygens (including phenoxy) is 1. The zero-order valence-electron chi connectivity index (χ0n) is 14.0. The third-order valence-corrected chi connectivity index (χ3v) is 3.71. The van der Waals surface area contributed by atoms with Gasteiger partial charge in [-0.1, -0.05) is 38.1 Å². The maximum absolute atomic E-state index is 6.07. The van der Waals surface area contributed by atoms with Crippen LogP contribution in [0.15, 0.2) is 41.5 Å². The molecule has 23 heavy (non-hydrogen) atoms. The lowest BCUT2D eigenvalue weighted by Gasteiger charge is -2.15. The van der Waals surface area contributed by atoms with Crippen LogP contribution in [0.3, 0.4) is 0 Å². The highest BCUT2D eigenvalue weighted by Gasteiger charge is 2.07. The van der Waals surface area contributed by atoms with Gasteiger partial charge in [0.2, 0.25) is 5.88 Å². The molecule has 5 nitrogen and oxygen atoms in total. The molecule has 2 rings (SSSR count). The van der Waals surface area contributed by atoms with E-state index in [0.29, 0.717) is 18.4 Å². The number of pyridine rings is 1. The smallest absolute Gasteiger partial charge is 0.218 e. The summed E-state index contributed by atoms with van der Waals surface area (Å²) in [6.07, 6.45) is 3.58. The number of anilines is 1. The zero-order chi connectivity index (χ0) is 16.7. The highest BCUT2D eigenvalue weighted by atomic mass is 16.5. The van der Waals surface area contributed by atoms with Gasteiger partial charge < -0.3 is 15.8 Å². The molecule has 0 unspecified atom stereocenters. The van der Waals surface area contributed by atoms with Crippen LogP contribution in [0.4, 0.5) is 5.69 Å². The van der Waals surface area contributed by atoms with E-state index in [1.807, 2.05) is 12.1 Å². The highest BCUT2D eigenvalue weighted by Crippen LogP contribution is 2.22. The van der Waals surface area contributed by atoms with E-state index in [1.165, 1.54) is 11.1 Å². The first kappa shape index (κ1) is 16.8. The molecule has 1 aromatic heterocycles. The van der Waals surface area contributed by atoms with E-state index in [0.717, 1.165) is 24.1 Å². The van der Waals surface area contributed by atoms with Crippen LogP contribution in [0.25, 0.3) is 0 Å². The summed E-state index contributed by atoms with van der Waals surface area (Å²) in [5, 5.41) is 3.26. The minimum Gasteiger partial charge on any atom is -0.481 e. The first-order valence-corrected chi connectivity index (χ1v) is 7.85. The highest BCUT2D eigenvalue weighted by molar-refractivity contribution is 5.93. The van der Waals surface area contributed by atoms with Crippen LogP contribution < -0.4 is 15.8 Å². The molecule has 0 fully saturated rings. The number of nitrogens with zero attached hydrogens (tertiary/aromatic N) is 2. The Morgan fingerprint density at radius 1 is 1.13 bits per heavy atom. The van der Waals surface area contributed by atoms with E-state index < -0.39 is 0 Å². The summed E-state index contributed by atoms with van der Waals surface area (Å²) in [7, 11) is 1.60. The average molecular weight is 312 g/mol. The van der Waals surface area contributed by atoms with Crippen molar-refractivity contribution in [1.29, 1.82) is 0 Å². The van der Waals surface area contributed by atoms with Gasteiger partial charge in [-0.05, 0) is 30.0 Å². The standard InChI is InChI=1S/C18H24N4O/c1-4-13-8-6-9-14(5-2)16(13)22-18(19)21-12-15-10-7-11-20-17(15)23-3/h6-11H,4-5,12H2,1-3H3,(H3,19,21,22). The topological polar surface area (TPSA) is 72.5 Å². The van der Waals surface area contributed by atoms with Crippen LogP contribution in [0.1, 0.15) is 30.5 Å². The molecule has 0 bridgehead atoms. The van der Waals surface area contributed by atoms with E-state index >= 15 is 0 Å². The number of aliphatic imine (C=N–C) groups is 1. The summed E-state index contributed by atoms with van der Waals surface area (Å²) in [6, 6.07) is 10.1. The fourth-order valence-corrected chi connectivity index (χ4v) is 2.47. The van der Waals surface area contributed by atoms with Gasteiger partial charge >= 0.3 is 0 Å². The second-order valence-electron chi connectivity index (χ2n) is 5.16. The molecule has 0 amide bonds. The first-order chi connectivity index (χ1) is 11.2. The van der Waals surface area contributed by atoms with Crippen LogP contribution in [0.5, 0.6) is 5.88 Å². The molecule has 5 heteroatoms. The Hall–Kier alpha value is -2.56. The Balaban J connectivity index is 2.17. The van der Waals surface area contributed by atoms with Gasteiger partial charge in [-0.15, -0.1) is 0 Å². The van der Waals surface area contributed by atoms with Gasteiger partial charge in [0.05, 0.1) is 13.7 Å². The number of hydrogen-bond acceptors (Lipinski definition) is 3. The number of nitrogens with two attached hydrogens (primary N) is 1. The summed E-state index contributed by atoms with van der Waals surface area (Å²) >= 11 is 0. The Morgan fingerprint density at radius 3 is 2.39 bits per heavy atom. The van der Waals surface area contributed by atoms with Crippen molar-refractivity contribution in [1.82, 2.24) is 4.98 Å². The molecule has 0 saturated carbocycles. The monoisotopic (exact) mass is 312 g/mol. The molecule has 0 aliphatic heterocycles. The number of guanidine groups is 1. The van der Waals surface area contributed by atoms with Crippen LogP contribution in [0, 0.1) is 0 Å². The third kappa shape index (κ3) is 4.22. The molecular formula is C18H24N4O. The number of nitrogens with one attached hydrogen (secondary N) is 1. The molecule has 0 aliphatic rings. The van der Waals surface area contributed by atoms with Gasteiger partial charge in [-0.2, -0.15) is 0 Å². The summed E-state index contributed by atoms with van der Waals surface area (Å²) < 4.78 is 5.23. The van der Waals surface area contributed by atoms with Crippen molar-refractivity contribution < 1.29 is 4.74 Å². The van der Waals surface area contributed by atoms with Gasteiger partial charge in [0.15, 0.2) is 5.96 Å². The fourth-order valence-electron chi connectivity index (χ4n) is 2.47. The number of aryl methyl sites for hydroxylation is 2. The summed E-state index contributed by atoms with van der Waals surface area (Å²) in [5.41, 5.74) is 10.5. The number of hydrogen-bond donors (Lipinski definition) is 2. The lowest BCUT2D eigenvalue weighted by Crippen LogP contribution is -2.24. The van der Waals surface area contributed by atoms with Crippen LogP contribution in [-0.2, 0) is 19.4 Å². The Labute approximate surface area is 137 Å². The molecule has 0 aliphatic carbocycles. The zero-order valence-corrected chi connectivity index (χ0v) is 14.0. The van der Waals surface area contributed by atoms with Crippen LogP contribution >= 0.6 is 0 Å². The SMILES string of the molecule is CCc1cccc(CC)c1NC(N)=NCc1cccnc1OC. The minimum atomic E-state index is 0.395. The van der Waals surface area contributed by atoms with Gasteiger partial charge in [0, 0.05) is 17.4 Å². The quantitative estimate of drug-likeness (QED) is 0.635. The van der Waals surface area contributed by atoms with Gasteiger partial charge in [0.1, 0.15) is 0 Å². The van der Waals surface area contributed by atoms with Gasteiger partial charge in [-0.25, -0.2) is 9.98 Å². The molecule has 2 aromatic rings. The van der Waals surface area contributed by atoms with E-state index in [2.05, 4.69) is 47.3 Å². The lowest BCUT2D eigenvalue weighted by molar-refractivity contribution is 0.392. The molecule has 0 radical (unpaired) electrons. The fraction of sp³-hybridized carbons (Fsp3) is 0.333. The van der Waals surface area contributed by atoms with Crippen molar-refractivity contribution in [2.75, 3.05) is 12.4 Å². The maximum Gasteiger partial charge on any atom is 0.218 e. The Bertz CT molecular complexity index is 660. The summed E-state index contributed by atoms with van der Waals surface area (Å²) in [5.74, 6) is 0.971. The second-order valence-corrected chi connectivity index (χ2v) is 5.16. The van der Waals surface area contributed by atoms with Crippen LogP contribution in [-0.4, -0.2) is 18.1 Å². The number of rotatable bonds is 6. The molecule has 122 valence electrons. The maximum atomic E-state index is 6.07. The largest absolute Gasteiger partial charge is 0.481 e. The average Bonchev–Trinajstić information content (AvgIpc) is 2.60. The van der Waals surface area contributed by atoms with Crippen molar-refractivity contribution in [2.45, 2.75) is 33.2 Å². The Morgan fingerprint density at radius 2 is 1.78 bits per heavy atom. The second kappa shape index (κ2) is 8.17. The van der Waals surface area contributed by atoms with Crippen molar-refractivity contribution in [3.63, 3.8) is 0 Å². The van der Waals surface area contributed by atoms with E-state index in [1.54, 1.807) is 13.3 Å². The summed E-state index contributed by atoms with van der Waals surface area (Å²) in [6.45, 7) is 4.69. The molecule has 0 spiro atoms. The number of benzene rings is 1. The predicted molar refractivity (Wildman–Crippen MR) is 94.9 cm³/mol. The van der Waals surface area contributed by atoms with E-state index in [9.17, 15) is 0 Å². The molecule has 1 aromatic carbocycles. The van der Waals surface area contributed by atoms with E-state index in [4.69, 9.17) is 10.5 Å². The molecular weight excluding hydrogens is 288 g/mol. The minimum absolute atomic E-state index is 0.395. The normalized spacial score (nSPS) is 11.3. The van der Waals surface area contributed by atoms with Crippen molar-refractivity contribution >= 4 is 11.6 Å². The number of methoxy groups -OCH3 is 1.